The third-order valence-corrected chi connectivity index (χ3v) is 6.95. The zero-order valence-corrected chi connectivity index (χ0v) is 14.4. The van der Waals surface area contributed by atoms with Gasteiger partial charge in [0.15, 0.2) is 0 Å². The number of benzene rings is 1. The standard InChI is InChI=1S/C17H21NO5S/c1-12-4-6-13(7-5-12)24(20,21)23-15-11-18-9-2-3-14(18)17(15)8-10-22-16(17)19/h4-7,14-15H,2-3,8-11H2,1H3/t14-,15+,17-/m0/s1. The van der Waals surface area contributed by atoms with Gasteiger partial charge in [0.25, 0.3) is 10.1 Å². The van der Waals surface area contributed by atoms with Crippen molar-refractivity contribution >= 4 is 16.1 Å². The number of esters is 1. The number of ether oxygens (including phenoxy) is 1. The van der Waals surface area contributed by atoms with Crippen LogP contribution < -0.4 is 0 Å². The average Bonchev–Trinajstić information content (AvgIpc) is 3.19. The van der Waals surface area contributed by atoms with Gasteiger partial charge in [-0.15, -0.1) is 0 Å². The van der Waals surface area contributed by atoms with E-state index in [1.54, 1.807) is 24.3 Å². The van der Waals surface area contributed by atoms with Crippen LogP contribution in [0.25, 0.3) is 0 Å². The highest BCUT2D eigenvalue weighted by molar-refractivity contribution is 7.86. The quantitative estimate of drug-likeness (QED) is 0.607. The molecule has 3 fully saturated rings. The van der Waals surface area contributed by atoms with Crippen molar-refractivity contribution in [3.8, 4) is 0 Å². The van der Waals surface area contributed by atoms with Gasteiger partial charge in [0.05, 0.1) is 11.5 Å². The predicted molar refractivity (Wildman–Crippen MR) is 85.8 cm³/mol. The minimum absolute atomic E-state index is 0.0331. The van der Waals surface area contributed by atoms with Crippen LogP contribution >= 0.6 is 0 Å². The molecular weight excluding hydrogens is 330 g/mol. The van der Waals surface area contributed by atoms with E-state index >= 15 is 0 Å². The fraction of sp³-hybridized carbons (Fsp3) is 0.588. The lowest BCUT2D eigenvalue weighted by Gasteiger charge is -2.30. The Labute approximate surface area is 141 Å². The van der Waals surface area contributed by atoms with Crippen LogP contribution in [0.2, 0.25) is 0 Å². The molecule has 3 atom stereocenters. The summed E-state index contributed by atoms with van der Waals surface area (Å²) in [4.78, 5) is 14.8. The molecule has 7 heteroatoms. The molecule has 0 bridgehead atoms. The fourth-order valence-electron chi connectivity index (χ4n) is 4.39. The summed E-state index contributed by atoms with van der Waals surface area (Å²) < 4.78 is 36.2. The van der Waals surface area contributed by atoms with E-state index in [1.165, 1.54) is 0 Å². The number of cyclic esters (lactones) is 1. The second-order valence-electron chi connectivity index (χ2n) is 6.93. The summed E-state index contributed by atoms with van der Waals surface area (Å²) >= 11 is 0. The van der Waals surface area contributed by atoms with Crippen molar-refractivity contribution in [3.63, 3.8) is 0 Å². The van der Waals surface area contributed by atoms with Gasteiger partial charge in [0, 0.05) is 19.0 Å². The highest BCUT2D eigenvalue weighted by Gasteiger charge is 2.64. The zero-order valence-electron chi connectivity index (χ0n) is 13.6. The molecule has 0 saturated carbocycles. The van der Waals surface area contributed by atoms with Gasteiger partial charge in [-0.25, -0.2) is 0 Å². The Hall–Kier alpha value is -1.44. The molecule has 3 aliphatic heterocycles. The largest absolute Gasteiger partial charge is 0.465 e. The van der Waals surface area contributed by atoms with E-state index in [4.69, 9.17) is 8.92 Å². The van der Waals surface area contributed by atoms with E-state index in [-0.39, 0.29) is 16.9 Å². The molecule has 0 aliphatic carbocycles. The van der Waals surface area contributed by atoms with E-state index in [1.807, 2.05) is 6.92 Å². The van der Waals surface area contributed by atoms with Crippen molar-refractivity contribution in [2.24, 2.45) is 5.41 Å². The van der Waals surface area contributed by atoms with Crippen LogP contribution in [-0.4, -0.2) is 51.1 Å². The fourth-order valence-corrected chi connectivity index (χ4v) is 5.51. The van der Waals surface area contributed by atoms with Gasteiger partial charge in [-0.2, -0.15) is 8.42 Å². The normalized spacial score (nSPS) is 33.1. The Morgan fingerprint density at radius 3 is 2.71 bits per heavy atom. The van der Waals surface area contributed by atoms with Gasteiger partial charge in [0.1, 0.15) is 11.5 Å². The second-order valence-corrected chi connectivity index (χ2v) is 8.50. The lowest BCUT2D eigenvalue weighted by atomic mass is 9.76. The molecule has 3 saturated heterocycles. The molecule has 1 spiro atoms. The highest BCUT2D eigenvalue weighted by Crippen LogP contribution is 2.50. The number of carbonyl (C=O) groups is 1. The van der Waals surface area contributed by atoms with E-state index < -0.39 is 21.6 Å². The number of hydrogen-bond acceptors (Lipinski definition) is 6. The van der Waals surface area contributed by atoms with Crippen molar-refractivity contribution in [2.45, 2.75) is 43.2 Å². The van der Waals surface area contributed by atoms with Crippen LogP contribution in [0.4, 0.5) is 0 Å². The molecule has 0 unspecified atom stereocenters. The van der Waals surface area contributed by atoms with Gasteiger partial charge in [-0.1, -0.05) is 17.7 Å². The SMILES string of the molecule is Cc1ccc(S(=O)(=O)O[C@@H]2CN3CCC[C@H]3[C@@]23CCOC3=O)cc1. The number of aryl methyl sites for hydroxylation is 1. The molecule has 1 aromatic rings. The number of rotatable bonds is 3. The van der Waals surface area contributed by atoms with Crippen LogP contribution in [0.1, 0.15) is 24.8 Å². The first kappa shape index (κ1) is 16.1. The summed E-state index contributed by atoms with van der Waals surface area (Å²) in [5.41, 5.74) is 0.139. The van der Waals surface area contributed by atoms with Gasteiger partial charge in [-0.3, -0.25) is 13.9 Å². The van der Waals surface area contributed by atoms with Crippen LogP contribution in [0, 0.1) is 12.3 Å². The smallest absolute Gasteiger partial charge is 0.316 e. The molecule has 24 heavy (non-hydrogen) atoms. The third-order valence-electron chi connectivity index (χ3n) is 5.61. The first-order chi connectivity index (χ1) is 11.4. The van der Waals surface area contributed by atoms with Gasteiger partial charge < -0.3 is 4.74 Å². The van der Waals surface area contributed by atoms with E-state index in [9.17, 15) is 13.2 Å². The topological polar surface area (TPSA) is 72.9 Å². The van der Waals surface area contributed by atoms with Crippen molar-refractivity contribution < 1.29 is 22.1 Å². The first-order valence-corrected chi connectivity index (χ1v) is 9.75. The van der Waals surface area contributed by atoms with Crippen LogP contribution in [0.3, 0.4) is 0 Å². The number of fused-ring (bicyclic) bond motifs is 2. The number of carbonyl (C=O) groups excluding carboxylic acids is 1. The maximum atomic E-state index is 12.7. The van der Waals surface area contributed by atoms with Crippen LogP contribution in [0.5, 0.6) is 0 Å². The van der Waals surface area contributed by atoms with E-state index in [0.29, 0.717) is 19.6 Å². The average molecular weight is 351 g/mol. The molecule has 3 heterocycles. The molecule has 130 valence electrons. The molecule has 0 amide bonds. The van der Waals surface area contributed by atoms with Gasteiger partial charge >= 0.3 is 5.97 Å². The molecule has 0 N–H and O–H groups in total. The molecule has 1 aromatic carbocycles. The first-order valence-electron chi connectivity index (χ1n) is 8.35. The molecular formula is C17H21NO5S. The monoisotopic (exact) mass is 351 g/mol. The van der Waals surface area contributed by atoms with Crippen molar-refractivity contribution in [3.05, 3.63) is 29.8 Å². The molecule has 4 rings (SSSR count). The summed E-state index contributed by atoms with van der Waals surface area (Å²) in [7, 11) is -3.91. The van der Waals surface area contributed by atoms with Crippen LogP contribution in [-0.2, 0) is 23.8 Å². The summed E-state index contributed by atoms with van der Waals surface area (Å²) in [6, 6.07) is 6.59. The summed E-state index contributed by atoms with van der Waals surface area (Å²) in [5.74, 6) is -0.305. The summed E-state index contributed by atoms with van der Waals surface area (Å²) in [6.07, 6.45) is 1.77. The highest BCUT2D eigenvalue weighted by atomic mass is 32.2. The van der Waals surface area contributed by atoms with E-state index in [2.05, 4.69) is 4.90 Å². The Bertz CT molecular complexity index is 760. The predicted octanol–water partition coefficient (Wildman–Crippen LogP) is 1.48. The Morgan fingerprint density at radius 2 is 2.04 bits per heavy atom. The minimum atomic E-state index is -3.91. The third kappa shape index (κ3) is 2.29. The Balaban J connectivity index is 1.66. The molecule has 6 nitrogen and oxygen atoms in total. The maximum Gasteiger partial charge on any atom is 0.316 e. The summed E-state index contributed by atoms with van der Waals surface area (Å²) in [6.45, 7) is 3.58. The minimum Gasteiger partial charge on any atom is -0.465 e. The second kappa shape index (κ2) is 5.54. The molecule has 3 aliphatic rings. The number of nitrogens with zero attached hydrogens (tertiary/aromatic N) is 1. The van der Waals surface area contributed by atoms with E-state index in [0.717, 1.165) is 24.9 Å². The van der Waals surface area contributed by atoms with Crippen molar-refractivity contribution in [1.29, 1.82) is 0 Å². The Morgan fingerprint density at radius 1 is 1.29 bits per heavy atom. The molecule has 0 aromatic heterocycles. The number of hydrogen-bond donors (Lipinski definition) is 0. The van der Waals surface area contributed by atoms with Gasteiger partial charge in [-0.05, 0) is 38.4 Å². The Kier molecular flexibility index (Phi) is 3.71. The lowest BCUT2D eigenvalue weighted by molar-refractivity contribution is -0.150. The maximum absolute atomic E-state index is 12.7. The summed E-state index contributed by atoms with van der Waals surface area (Å²) in [5, 5.41) is 0. The van der Waals surface area contributed by atoms with Crippen LogP contribution in [0.15, 0.2) is 29.2 Å². The zero-order chi connectivity index (χ0) is 16.9. The van der Waals surface area contributed by atoms with Gasteiger partial charge in [0.2, 0.25) is 0 Å². The molecule has 0 radical (unpaired) electrons. The van der Waals surface area contributed by atoms with Crippen molar-refractivity contribution in [2.75, 3.05) is 19.7 Å². The lowest BCUT2D eigenvalue weighted by Crippen LogP contribution is -2.46. The van der Waals surface area contributed by atoms with Crippen molar-refractivity contribution in [1.82, 2.24) is 4.90 Å².